The van der Waals surface area contributed by atoms with Crippen LogP contribution in [0.15, 0.2) is 36.4 Å². The summed E-state index contributed by atoms with van der Waals surface area (Å²) in [6.07, 6.45) is 2.70. The van der Waals surface area contributed by atoms with E-state index in [-0.39, 0.29) is 17.8 Å². The fourth-order valence-corrected chi connectivity index (χ4v) is 1.25. The standard InChI is InChI=1S/C10H8O3/c11-8-3-1-2-7(6-8)9-4-5-10(12)13-9/h1-6,9,11H. The summed E-state index contributed by atoms with van der Waals surface area (Å²) in [6, 6.07) is 6.66. The molecule has 1 aromatic rings. The molecule has 1 unspecified atom stereocenters. The number of phenolic OH excluding ortho intramolecular Hbond substituents is 1. The summed E-state index contributed by atoms with van der Waals surface area (Å²) >= 11 is 0. The van der Waals surface area contributed by atoms with E-state index < -0.39 is 0 Å². The molecule has 66 valence electrons. The second-order valence-electron chi connectivity index (χ2n) is 2.81. The molecule has 13 heavy (non-hydrogen) atoms. The number of rotatable bonds is 1. The van der Waals surface area contributed by atoms with Gasteiger partial charge in [0.15, 0.2) is 0 Å². The van der Waals surface area contributed by atoms with E-state index in [0.29, 0.717) is 0 Å². The number of carbonyl (C=O) groups is 1. The number of carbonyl (C=O) groups excluding carboxylic acids is 1. The van der Waals surface area contributed by atoms with E-state index in [1.165, 1.54) is 6.08 Å². The van der Waals surface area contributed by atoms with E-state index in [2.05, 4.69) is 0 Å². The fourth-order valence-electron chi connectivity index (χ4n) is 1.25. The number of ether oxygens (including phenoxy) is 1. The van der Waals surface area contributed by atoms with Crippen molar-refractivity contribution in [2.24, 2.45) is 0 Å². The summed E-state index contributed by atoms with van der Waals surface area (Å²) in [5.41, 5.74) is 0.780. The van der Waals surface area contributed by atoms with Crippen molar-refractivity contribution in [1.29, 1.82) is 0 Å². The largest absolute Gasteiger partial charge is 0.508 e. The molecular weight excluding hydrogens is 168 g/mol. The van der Waals surface area contributed by atoms with Gasteiger partial charge in [-0.3, -0.25) is 0 Å². The van der Waals surface area contributed by atoms with Crippen LogP contribution in [0.3, 0.4) is 0 Å². The molecule has 1 aromatic carbocycles. The first-order chi connectivity index (χ1) is 6.25. The SMILES string of the molecule is O=C1C=CC(c2cccc(O)c2)O1. The van der Waals surface area contributed by atoms with Crippen molar-refractivity contribution in [3.8, 4) is 5.75 Å². The Hall–Kier alpha value is -1.77. The minimum atomic E-state index is -0.348. The highest BCUT2D eigenvalue weighted by atomic mass is 16.5. The molecule has 0 amide bonds. The first kappa shape index (κ1) is 7.86. The number of hydrogen-bond acceptors (Lipinski definition) is 3. The van der Waals surface area contributed by atoms with Crippen LogP contribution >= 0.6 is 0 Å². The van der Waals surface area contributed by atoms with Crippen molar-refractivity contribution in [1.82, 2.24) is 0 Å². The molecule has 1 N–H and O–H groups in total. The molecule has 0 fully saturated rings. The summed E-state index contributed by atoms with van der Waals surface area (Å²) < 4.78 is 4.94. The average Bonchev–Trinajstić information content (AvgIpc) is 2.52. The molecule has 0 aromatic heterocycles. The lowest BCUT2D eigenvalue weighted by Gasteiger charge is -2.08. The molecule has 1 aliphatic rings. The molecule has 3 nitrogen and oxygen atoms in total. The summed E-state index contributed by atoms with van der Waals surface area (Å²) in [5, 5.41) is 9.17. The van der Waals surface area contributed by atoms with Crippen LogP contribution in [0.25, 0.3) is 0 Å². The number of hydrogen-bond donors (Lipinski definition) is 1. The van der Waals surface area contributed by atoms with Crippen LogP contribution < -0.4 is 0 Å². The molecule has 0 saturated heterocycles. The van der Waals surface area contributed by atoms with Gasteiger partial charge in [0, 0.05) is 11.6 Å². The van der Waals surface area contributed by atoms with Gasteiger partial charge in [-0.25, -0.2) is 4.79 Å². The number of esters is 1. The summed E-state index contributed by atoms with van der Waals surface area (Å²) in [4.78, 5) is 10.7. The lowest BCUT2D eigenvalue weighted by molar-refractivity contribution is -0.138. The van der Waals surface area contributed by atoms with Gasteiger partial charge in [0.05, 0.1) is 0 Å². The van der Waals surface area contributed by atoms with Crippen LogP contribution in [-0.4, -0.2) is 11.1 Å². The van der Waals surface area contributed by atoms with Gasteiger partial charge in [-0.1, -0.05) is 12.1 Å². The summed E-state index contributed by atoms with van der Waals surface area (Å²) in [7, 11) is 0. The average molecular weight is 176 g/mol. The Morgan fingerprint density at radius 1 is 1.38 bits per heavy atom. The highest BCUT2D eigenvalue weighted by Crippen LogP contribution is 2.25. The molecule has 0 aliphatic carbocycles. The first-order valence-electron chi connectivity index (χ1n) is 3.93. The zero-order chi connectivity index (χ0) is 9.26. The van der Waals surface area contributed by atoms with Gasteiger partial charge in [0.2, 0.25) is 0 Å². The number of phenols is 1. The van der Waals surface area contributed by atoms with Gasteiger partial charge in [-0.05, 0) is 18.2 Å². The molecule has 1 heterocycles. The third-order valence-corrected chi connectivity index (χ3v) is 1.85. The number of benzene rings is 1. The molecule has 0 spiro atoms. The molecule has 0 radical (unpaired) electrons. The minimum absolute atomic E-state index is 0.175. The predicted molar refractivity (Wildman–Crippen MR) is 46.1 cm³/mol. The van der Waals surface area contributed by atoms with Gasteiger partial charge in [-0.2, -0.15) is 0 Å². The molecule has 3 heteroatoms. The summed E-state index contributed by atoms with van der Waals surface area (Å²) in [6.45, 7) is 0. The second kappa shape index (κ2) is 2.94. The van der Waals surface area contributed by atoms with Crippen molar-refractivity contribution in [2.75, 3.05) is 0 Å². The lowest BCUT2D eigenvalue weighted by Crippen LogP contribution is -1.99. The normalized spacial score (nSPS) is 20.3. The highest BCUT2D eigenvalue weighted by molar-refractivity contribution is 5.84. The number of cyclic esters (lactones) is 1. The van der Waals surface area contributed by atoms with E-state index in [1.807, 2.05) is 0 Å². The van der Waals surface area contributed by atoms with Gasteiger partial charge in [-0.15, -0.1) is 0 Å². The fraction of sp³-hybridized carbons (Fsp3) is 0.100. The smallest absolute Gasteiger partial charge is 0.331 e. The zero-order valence-corrected chi connectivity index (χ0v) is 6.81. The quantitative estimate of drug-likeness (QED) is 0.660. The van der Waals surface area contributed by atoms with Crippen LogP contribution in [0.4, 0.5) is 0 Å². The highest BCUT2D eigenvalue weighted by Gasteiger charge is 2.18. The Morgan fingerprint density at radius 2 is 2.23 bits per heavy atom. The van der Waals surface area contributed by atoms with Crippen LogP contribution in [0.1, 0.15) is 11.7 Å². The minimum Gasteiger partial charge on any atom is -0.508 e. The third-order valence-electron chi connectivity index (χ3n) is 1.85. The van der Waals surface area contributed by atoms with Gasteiger partial charge in [0.25, 0.3) is 0 Å². The second-order valence-corrected chi connectivity index (χ2v) is 2.81. The molecule has 1 atom stereocenters. The van der Waals surface area contributed by atoms with Gasteiger partial charge >= 0.3 is 5.97 Å². The topological polar surface area (TPSA) is 46.5 Å². The maximum Gasteiger partial charge on any atom is 0.331 e. The Balaban J connectivity index is 2.27. The van der Waals surface area contributed by atoms with Gasteiger partial charge < -0.3 is 9.84 Å². The zero-order valence-electron chi connectivity index (χ0n) is 6.81. The first-order valence-corrected chi connectivity index (χ1v) is 3.93. The van der Waals surface area contributed by atoms with E-state index in [9.17, 15) is 9.90 Å². The monoisotopic (exact) mass is 176 g/mol. The summed E-state index contributed by atoms with van der Waals surface area (Å²) in [5.74, 6) is -0.165. The Labute approximate surface area is 75.3 Å². The maximum absolute atomic E-state index is 10.7. The Kier molecular flexibility index (Phi) is 1.77. The molecular formula is C10H8O3. The molecule has 0 bridgehead atoms. The van der Waals surface area contributed by atoms with Crippen LogP contribution in [0.5, 0.6) is 5.75 Å². The van der Waals surface area contributed by atoms with Crippen LogP contribution in [0.2, 0.25) is 0 Å². The van der Waals surface area contributed by atoms with Gasteiger partial charge in [0.1, 0.15) is 11.9 Å². The number of aromatic hydroxyl groups is 1. The maximum atomic E-state index is 10.7. The van der Waals surface area contributed by atoms with Crippen molar-refractivity contribution in [3.05, 3.63) is 42.0 Å². The molecule has 0 saturated carbocycles. The molecule has 2 rings (SSSR count). The van der Waals surface area contributed by atoms with Crippen molar-refractivity contribution >= 4 is 5.97 Å². The van der Waals surface area contributed by atoms with E-state index >= 15 is 0 Å². The Morgan fingerprint density at radius 3 is 2.85 bits per heavy atom. The van der Waals surface area contributed by atoms with Crippen molar-refractivity contribution in [3.63, 3.8) is 0 Å². The van der Waals surface area contributed by atoms with Crippen molar-refractivity contribution < 1.29 is 14.6 Å². The van der Waals surface area contributed by atoms with E-state index in [0.717, 1.165) is 5.56 Å². The Bertz CT molecular complexity index is 368. The van der Waals surface area contributed by atoms with Crippen LogP contribution in [-0.2, 0) is 9.53 Å². The van der Waals surface area contributed by atoms with Crippen LogP contribution in [0, 0.1) is 0 Å². The lowest BCUT2D eigenvalue weighted by atomic mass is 10.1. The van der Waals surface area contributed by atoms with Crippen molar-refractivity contribution in [2.45, 2.75) is 6.10 Å². The predicted octanol–water partition coefficient (Wildman–Crippen LogP) is 1.55. The third kappa shape index (κ3) is 1.54. The van der Waals surface area contributed by atoms with E-state index in [4.69, 9.17) is 4.74 Å². The van der Waals surface area contributed by atoms with E-state index in [1.54, 1.807) is 30.3 Å². The molecule has 1 aliphatic heterocycles.